The van der Waals surface area contributed by atoms with E-state index in [1.54, 1.807) is 54.6 Å². The Hall–Kier alpha value is -5.02. The number of amides is 4. The number of ether oxygens (including phenoxy) is 1. The van der Waals surface area contributed by atoms with Gasteiger partial charge >= 0.3 is 6.03 Å². The maximum Gasteiger partial charge on any atom is 0.324 e. The lowest BCUT2D eigenvalue weighted by atomic mass is 10.0. The highest BCUT2D eigenvalue weighted by Gasteiger charge is 2.30. The molecule has 0 fully saturated rings. The third kappa shape index (κ3) is 8.99. The van der Waals surface area contributed by atoms with Crippen molar-refractivity contribution in [2.24, 2.45) is 5.73 Å². The van der Waals surface area contributed by atoms with Gasteiger partial charge in [0.2, 0.25) is 0 Å². The Morgan fingerprint density at radius 2 is 1.52 bits per heavy atom. The van der Waals surface area contributed by atoms with Gasteiger partial charge in [0.25, 0.3) is 11.8 Å². The standard InChI is InChI=1S/C35H37FN4O4/c1-2-44-30-17-14-26(15-18-30)22-32(39-33(41)28-11-7-4-8-12-28)34(42)40(20-19-25-9-5-3-6-10-25)35(43)38-24-27-13-16-29(23-37)31(36)21-27/h3-18,21,32H,2,19-20,22-24,37H2,1H3,(H,38,43)(H,39,41)/t32-/m1/s1. The summed E-state index contributed by atoms with van der Waals surface area (Å²) in [7, 11) is 0. The van der Waals surface area contributed by atoms with Crippen molar-refractivity contribution in [3.63, 3.8) is 0 Å². The monoisotopic (exact) mass is 596 g/mol. The Labute approximate surface area is 257 Å². The van der Waals surface area contributed by atoms with Gasteiger partial charge in [-0.3, -0.25) is 14.5 Å². The van der Waals surface area contributed by atoms with Crippen LogP contribution in [0.25, 0.3) is 0 Å². The fourth-order valence-corrected chi connectivity index (χ4v) is 4.68. The molecule has 4 N–H and O–H groups in total. The van der Waals surface area contributed by atoms with Gasteiger partial charge < -0.3 is 21.1 Å². The van der Waals surface area contributed by atoms with Crippen LogP contribution >= 0.6 is 0 Å². The van der Waals surface area contributed by atoms with E-state index in [0.717, 1.165) is 16.0 Å². The normalized spacial score (nSPS) is 11.3. The molecule has 0 radical (unpaired) electrons. The van der Waals surface area contributed by atoms with Gasteiger partial charge in [0.1, 0.15) is 17.6 Å². The molecule has 0 aromatic heterocycles. The van der Waals surface area contributed by atoms with Crippen molar-refractivity contribution in [1.29, 1.82) is 0 Å². The number of urea groups is 1. The average Bonchev–Trinajstić information content (AvgIpc) is 3.05. The Balaban J connectivity index is 1.59. The zero-order valence-electron chi connectivity index (χ0n) is 24.7. The molecule has 0 heterocycles. The molecule has 4 aromatic rings. The van der Waals surface area contributed by atoms with Crippen LogP contribution in [-0.4, -0.2) is 41.9 Å². The first kappa shape index (κ1) is 31.9. The Morgan fingerprint density at radius 1 is 0.864 bits per heavy atom. The summed E-state index contributed by atoms with van der Waals surface area (Å²) in [6.07, 6.45) is 0.549. The number of hydrogen-bond acceptors (Lipinski definition) is 5. The molecular weight excluding hydrogens is 559 g/mol. The predicted molar refractivity (Wildman–Crippen MR) is 167 cm³/mol. The van der Waals surface area contributed by atoms with E-state index >= 15 is 0 Å². The summed E-state index contributed by atoms with van der Waals surface area (Å²) in [5, 5.41) is 5.59. The molecule has 0 saturated heterocycles. The van der Waals surface area contributed by atoms with Gasteiger partial charge in [0, 0.05) is 37.2 Å². The second-order valence-corrected chi connectivity index (χ2v) is 10.2. The Morgan fingerprint density at radius 3 is 2.16 bits per heavy atom. The summed E-state index contributed by atoms with van der Waals surface area (Å²) >= 11 is 0. The highest BCUT2D eigenvalue weighted by Crippen LogP contribution is 2.16. The van der Waals surface area contributed by atoms with E-state index in [1.807, 2.05) is 49.4 Å². The van der Waals surface area contributed by atoms with Gasteiger partial charge in [-0.05, 0) is 60.4 Å². The van der Waals surface area contributed by atoms with Gasteiger partial charge in [0.15, 0.2) is 0 Å². The molecule has 4 aromatic carbocycles. The highest BCUT2D eigenvalue weighted by molar-refractivity contribution is 6.01. The average molecular weight is 597 g/mol. The number of imide groups is 1. The lowest BCUT2D eigenvalue weighted by Gasteiger charge is -2.27. The summed E-state index contributed by atoms with van der Waals surface area (Å²) in [4.78, 5) is 42.0. The first-order chi connectivity index (χ1) is 21.4. The largest absolute Gasteiger partial charge is 0.494 e. The lowest BCUT2D eigenvalue weighted by molar-refractivity contribution is -0.130. The molecule has 8 nitrogen and oxygen atoms in total. The van der Waals surface area contributed by atoms with Crippen molar-refractivity contribution >= 4 is 17.8 Å². The topological polar surface area (TPSA) is 114 Å². The van der Waals surface area contributed by atoms with Crippen LogP contribution in [0.2, 0.25) is 0 Å². The summed E-state index contributed by atoms with van der Waals surface area (Å²) in [6.45, 7) is 2.53. The van der Waals surface area contributed by atoms with Crippen LogP contribution in [-0.2, 0) is 30.7 Å². The van der Waals surface area contributed by atoms with Crippen LogP contribution in [0.1, 0.15) is 39.5 Å². The number of carbonyl (C=O) groups is 3. The van der Waals surface area contributed by atoms with Crippen LogP contribution in [0.3, 0.4) is 0 Å². The van der Waals surface area contributed by atoms with Crippen LogP contribution in [0.4, 0.5) is 9.18 Å². The van der Waals surface area contributed by atoms with Crippen LogP contribution in [0.15, 0.2) is 103 Å². The van der Waals surface area contributed by atoms with Gasteiger partial charge in [0.05, 0.1) is 6.61 Å². The van der Waals surface area contributed by atoms with Gasteiger partial charge in [-0.15, -0.1) is 0 Å². The van der Waals surface area contributed by atoms with E-state index in [0.29, 0.717) is 35.5 Å². The second-order valence-electron chi connectivity index (χ2n) is 10.2. The van der Waals surface area contributed by atoms with Crippen LogP contribution < -0.4 is 21.1 Å². The second kappa shape index (κ2) is 16.0. The van der Waals surface area contributed by atoms with E-state index < -0.39 is 29.7 Å². The molecule has 0 aliphatic rings. The zero-order valence-corrected chi connectivity index (χ0v) is 24.7. The van der Waals surface area contributed by atoms with Crippen molar-refractivity contribution < 1.29 is 23.5 Å². The number of nitrogens with zero attached hydrogens (tertiary/aromatic N) is 1. The van der Waals surface area contributed by atoms with Crippen molar-refractivity contribution in [2.75, 3.05) is 13.2 Å². The minimum absolute atomic E-state index is 0.00431. The number of nitrogens with two attached hydrogens (primary N) is 1. The number of rotatable bonds is 13. The lowest BCUT2D eigenvalue weighted by Crippen LogP contribution is -2.54. The number of hydrogen-bond donors (Lipinski definition) is 3. The molecule has 0 unspecified atom stereocenters. The number of halogens is 1. The maximum absolute atomic E-state index is 14.3. The molecule has 0 aliphatic heterocycles. The van der Waals surface area contributed by atoms with Crippen molar-refractivity contribution in [3.05, 3.63) is 137 Å². The van der Waals surface area contributed by atoms with Gasteiger partial charge in [-0.1, -0.05) is 72.8 Å². The minimum atomic E-state index is -1.05. The summed E-state index contributed by atoms with van der Waals surface area (Å²) < 4.78 is 19.8. The third-order valence-corrected chi connectivity index (χ3v) is 7.07. The molecule has 1 atom stereocenters. The molecule has 0 aliphatic carbocycles. The Bertz CT molecular complexity index is 1530. The molecule has 0 bridgehead atoms. The summed E-state index contributed by atoms with van der Waals surface area (Å²) in [5.41, 5.74) is 8.55. The number of nitrogens with one attached hydrogen (secondary N) is 2. The van der Waals surface area contributed by atoms with Crippen molar-refractivity contribution in [3.8, 4) is 5.75 Å². The van der Waals surface area contributed by atoms with Crippen LogP contribution in [0.5, 0.6) is 5.75 Å². The van der Waals surface area contributed by atoms with Gasteiger partial charge in [-0.25, -0.2) is 9.18 Å². The van der Waals surface area contributed by atoms with Crippen molar-refractivity contribution in [2.45, 2.75) is 38.9 Å². The maximum atomic E-state index is 14.3. The van der Waals surface area contributed by atoms with E-state index in [1.165, 1.54) is 6.07 Å². The summed E-state index contributed by atoms with van der Waals surface area (Å²) in [6, 6.07) is 28.2. The molecule has 9 heteroatoms. The molecule has 0 saturated carbocycles. The number of benzene rings is 4. The SMILES string of the molecule is CCOc1ccc(C[C@@H](NC(=O)c2ccccc2)C(=O)N(CCc2ccccc2)C(=O)NCc2ccc(CN)c(F)c2)cc1. The van der Waals surface area contributed by atoms with E-state index in [2.05, 4.69) is 10.6 Å². The first-order valence-corrected chi connectivity index (χ1v) is 14.6. The fourth-order valence-electron chi connectivity index (χ4n) is 4.68. The number of carbonyl (C=O) groups excluding carboxylic acids is 3. The quantitative estimate of drug-likeness (QED) is 0.201. The van der Waals surface area contributed by atoms with Gasteiger partial charge in [-0.2, -0.15) is 0 Å². The molecule has 4 rings (SSSR count). The predicted octanol–water partition coefficient (Wildman–Crippen LogP) is 5.01. The van der Waals surface area contributed by atoms with Crippen molar-refractivity contribution in [1.82, 2.24) is 15.5 Å². The smallest absolute Gasteiger partial charge is 0.324 e. The minimum Gasteiger partial charge on any atom is -0.494 e. The van der Waals surface area contributed by atoms with E-state index in [9.17, 15) is 18.8 Å². The first-order valence-electron chi connectivity index (χ1n) is 14.6. The molecular formula is C35H37FN4O4. The fraction of sp³-hybridized carbons (Fsp3) is 0.229. The molecule has 44 heavy (non-hydrogen) atoms. The molecule has 0 spiro atoms. The third-order valence-electron chi connectivity index (χ3n) is 7.07. The molecule has 4 amide bonds. The molecule has 228 valence electrons. The van der Waals surface area contributed by atoms with E-state index in [-0.39, 0.29) is 26.1 Å². The summed E-state index contributed by atoms with van der Waals surface area (Å²) in [5.74, 6) is -0.780. The van der Waals surface area contributed by atoms with E-state index in [4.69, 9.17) is 10.5 Å². The Kier molecular flexibility index (Phi) is 11.6. The van der Waals surface area contributed by atoms with Crippen LogP contribution in [0, 0.1) is 5.82 Å². The zero-order chi connectivity index (χ0) is 31.3. The highest BCUT2D eigenvalue weighted by atomic mass is 19.1.